The third-order valence-electron chi connectivity index (χ3n) is 6.22. The van der Waals surface area contributed by atoms with Gasteiger partial charge in [-0.05, 0) is 49.8 Å². The van der Waals surface area contributed by atoms with Crippen LogP contribution in [0.25, 0.3) is 0 Å². The topological polar surface area (TPSA) is 59.4 Å². The van der Waals surface area contributed by atoms with Gasteiger partial charge in [0.25, 0.3) is 0 Å². The molecular weight excluding hydrogens is 355 g/mol. The van der Waals surface area contributed by atoms with Crippen molar-refractivity contribution in [2.45, 2.75) is 38.5 Å². The van der Waals surface area contributed by atoms with Crippen LogP contribution in [-0.2, 0) is 4.79 Å². The van der Waals surface area contributed by atoms with Crippen LogP contribution in [0.3, 0.4) is 0 Å². The van der Waals surface area contributed by atoms with Gasteiger partial charge in [-0.3, -0.25) is 9.69 Å². The van der Waals surface area contributed by atoms with Crippen molar-refractivity contribution in [1.82, 2.24) is 10.2 Å². The molecule has 152 valence electrons. The lowest BCUT2D eigenvalue weighted by Gasteiger charge is -2.37. The SMILES string of the molecule is N#CCNC(=O)CC1CCC(CCN2CCN(c3ccccc3F)CC2)CC1. The second-order valence-corrected chi connectivity index (χ2v) is 8.09. The van der Waals surface area contributed by atoms with Crippen LogP contribution in [0.2, 0.25) is 0 Å². The fourth-order valence-corrected chi connectivity index (χ4v) is 4.48. The molecule has 1 saturated carbocycles. The minimum absolute atomic E-state index is 0.0118. The number of nitrogens with one attached hydrogen (secondary N) is 1. The number of carbonyl (C=O) groups is 1. The largest absolute Gasteiger partial charge is 0.367 e. The molecule has 1 N–H and O–H groups in total. The molecule has 1 heterocycles. The van der Waals surface area contributed by atoms with Crippen molar-refractivity contribution in [3.63, 3.8) is 0 Å². The Morgan fingerprint density at radius 1 is 1.11 bits per heavy atom. The van der Waals surface area contributed by atoms with Gasteiger partial charge < -0.3 is 10.2 Å². The molecule has 0 aromatic heterocycles. The van der Waals surface area contributed by atoms with E-state index in [0.29, 0.717) is 12.3 Å². The molecule has 1 aliphatic carbocycles. The highest BCUT2D eigenvalue weighted by Crippen LogP contribution is 2.32. The normalized spacial score (nSPS) is 23.2. The Bertz CT molecular complexity index is 673. The molecule has 3 rings (SSSR count). The lowest BCUT2D eigenvalue weighted by Crippen LogP contribution is -2.47. The van der Waals surface area contributed by atoms with E-state index in [2.05, 4.69) is 15.1 Å². The average molecular weight is 387 g/mol. The minimum atomic E-state index is -0.131. The number of halogens is 1. The molecule has 2 fully saturated rings. The first-order chi connectivity index (χ1) is 13.7. The van der Waals surface area contributed by atoms with E-state index >= 15 is 0 Å². The highest BCUT2D eigenvalue weighted by atomic mass is 19.1. The second-order valence-electron chi connectivity index (χ2n) is 8.09. The van der Waals surface area contributed by atoms with Gasteiger partial charge in [-0.15, -0.1) is 0 Å². The number of anilines is 1. The van der Waals surface area contributed by atoms with Crippen molar-refractivity contribution in [1.29, 1.82) is 5.26 Å². The predicted octanol–water partition coefficient (Wildman–Crippen LogP) is 3.17. The summed E-state index contributed by atoms with van der Waals surface area (Å²) in [7, 11) is 0. The second kappa shape index (κ2) is 10.4. The van der Waals surface area contributed by atoms with Crippen LogP contribution in [0.1, 0.15) is 38.5 Å². The zero-order valence-corrected chi connectivity index (χ0v) is 16.6. The molecule has 0 spiro atoms. The first-order valence-corrected chi connectivity index (χ1v) is 10.5. The lowest BCUT2D eigenvalue weighted by atomic mass is 9.79. The monoisotopic (exact) mass is 386 g/mol. The summed E-state index contributed by atoms with van der Waals surface area (Å²) in [5.74, 6) is 1.11. The summed E-state index contributed by atoms with van der Waals surface area (Å²) in [6.45, 7) is 4.96. The molecule has 0 unspecified atom stereocenters. The summed E-state index contributed by atoms with van der Waals surface area (Å²) in [6, 6.07) is 8.98. The number of rotatable bonds is 7. The van der Waals surface area contributed by atoms with E-state index < -0.39 is 0 Å². The number of piperazine rings is 1. The zero-order chi connectivity index (χ0) is 19.8. The van der Waals surface area contributed by atoms with Gasteiger partial charge >= 0.3 is 0 Å². The van der Waals surface area contributed by atoms with Crippen molar-refractivity contribution >= 4 is 11.6 Å². The third-order valence-corrected chi connectivity index (χ3v) is 6.22. The van der Waals surface area contributed by atoms with Gasteiger partial charge in [-0.25, -0.2) is 4.39 Å². The number of benzene rings is 1. The minimum Gasteiger partial charge on any atom is -0.367 e. The molecule has 2 aliphatic rings. The standard InChI is InChI=1S/C22H31FN4O/c23-20-3-1-2-4-21(20)27-15-13-26(14-16-27)12-9-18-5-7-19(8-6-18)17-22(28)25-11-10-24/h1-4,18-19H,5-9,11-17H2,(H,25,28). The van der Waals surface area contributed by atoms with E-state index in [1.807, 2.05) is 18.2 Å². The van der Waals surface area contributed by atoms with E-state index in [0.717, 1.165) is 57.2 Å². The van der Waals surface area contributed by atoms with E-state index in [1.54, 1.807) is 6.07 Å². The fraction of sp³-hybridized carbons (Fsp3) is 0.636. The van der Waals surface area contributed by atoms with Crippen molar-refractivity contribution in [2.24, 2.45) is 11.8 Å². The Hall–Kier alpha value is -2.13. The summed E-state index contributed by atoms with van der Waals surface area (Å²) >= 11 is 0. The smallest absolute Gasteiger partial charge is 0.221 e. The Morgan fingerprint density at radius 2 is 1.79 bits per heavy atom. The number of nitrogens with zero attached hydrogens (tertiary/aromatic N) is 3. The van der Waals surface area contributed by atoms with E-state index in [-0.39, 0.29) is 18.3 Å². The van der Waals surface area contributed by atoms with Crippen LogP contribution in [0.4, 0.5) is 10.1 Å². The highest BCUT2D eigenvalue weighted by molar-refractivity contribution is 5.76. The molecular formula is C22H31FN4O. The zero-order valence-electron chi connectivity index (χ0n) is 16.6. The molecule has 1 amide bonds. The highest BCUT2D eigenvalue weighted by Gasteiger charge is 2.24. The molecule has 0 atom stereocenters. The first-order valence-electron chi connectivity index (χ1n) is 10.5. The van der Waals surface area contributed by atoms with Gasteiger partial charge in [0.2, 0.25) is 5.91 Å². The summed E-state index contributed by atoms with van der Waals surface area (Å²) in [6.07, 6.45) is 6.41. The van der Waals surface area contributed by atoms with Gasteiger partial charge in [-0.1, -0.05) is 25.0 Å². The molecule has 1 aromatic rings. The number of amides is 1. The van der Waals surface area contributed by atoms with Gasteiger partial charge in [0, 0.05) is 32.6 Å². The van der Waals surface area contributed by atoms with E-state index in [4.69, 9.17) is 5.26 Å². The van der Waals surface area contributed by atoms with Crippen LogP contribution >= 0.6 is 0 Å². The first kappa shape index (κ1) is 20.6. The number of hydrogen-bond acceptors (Lipinski definition) is 4. The van der Waals surface area contributed by atoms with Crippen LogP contribution in [0, 0.1) is 29.0 Å². The fourth-order valence-electron chi connectivity index (χ4n) is 4.48. The molecule has 1 aliphatic heterocycles. The Labute approximate surface area is 167 Å². The van der Waals surface area contributed by atoms with Crippen LogP contribution in [0.5, 0.6) is 0 Å². The van der Waals surface area contributed by atoms with E-state index in [9.17, 15) is 9.18 Å². The van der Waals surface area contributed by atoms with Crippen LogP contribution in [-0.4, -0.2) is 50.1 Å². The van der Waals surface area contributed by atoms with Crippen molar-refractivity contribution in [3.05, 3.63) is 30.1 Å². The molecule has 0 bridgehead atoms. The van der Waals surface area contributed by atoms with Crippen molar-refractivity contribution in [2.75, 3.05) is 44.2 Å². The summed E-state index contributed by atoms with van der Waals surface area (Å²) < 4.78 is 13.9. The number of carbonyl (C=O) groups excluding carboxylic acids is 1. The summed E-state index contributed by atoms with van der Waals surface area (Å²) in [5, 5.41) is 11.2. The molecule has 1 saturated heterocycles. The molecule has 5 nitrogen and oxygen atoms in total. The number of para-hydroxylation sites is 1. The predicted molar refractivity (Wildman–Crippen MR) is 108 cm³/mol. The maximum atomic E-state index is 13.9. The number of nitriles is 1. The van der Waals surface area contributed by atoms with Gasteiger partial charge in [-0.2, -0.15) is 5.26 Å². The van der Waals surface area contributed by atoms with Crippen LogP contribution < -0.4 is 10.2 Å². The van der Waals surface area contributed by atoms with Crippen molar-refractivity contribution < 1.29 is 9.18 Å². The molecule has 28 heavy (non-hydrogen) atoms. The quantitative estimate of drug-likeness (QED) is 0.731. The number of hydrogen-bond donors (Lipinski definition) is 1. The third kappa shape index (κ3) is 5.93. The van der Waals surface area contributed by atoms with Gasteiger partial charge in [0.1, 0.15) is 12.4 Å². The van der Waals surface area contributed by atoms with Gasteiger partial charge in [0.15, 0.2) is 0 Å². The van der Waals surface area contributed by atoms with Crippen molar-refractivity contribution in [3.8, 4) is 6.07 Å². The Kier molecular flexibility index (Phi) is 7.67. The Balaban J connectivity index is 1.32. The van der Waals surface area contributed by atoms with Crippen LogP contribution in [0.15, 0.2) is 24.3 Å². The molecule has 1 aromatic carbocycles. The average Bonchev–Trinajstić information content (AvgIpc) is 2.72. The van der Waals surface area contributed by atoms with E-state index in [1.165, 1.54) is 25.3 Å². The maximum absolute atomic E-state index is 13.9. The van der Waals surface area contributed by atoms with Gasteiger partial charge in [0.05, 0.1) is 11.8 Å². The summed E-state index contributed by atoms with van der Waals surface area (Å²) in [4.78, 5) is 16.4. The Morgan fingerprint density at radius 3 is 2.46 bits per heavy atom. The summed E-state index contributed by atoms with van der Waals surface area (Å²) in [5.41, 5.74) is 0.722. The maximum Gasteiger partial charge on any atom is 0.221 e. The molecule has 0 radical (unpaired) electrons. The molecule has 6 heteroatoms. The lowest BCUT2D eigenvalue weighted by molar-refractivity contribution is -0.122.